The summed E-state index contributed by atoms with van der Waals surface area (Å²) in [5.41, 5.74) is 3.11. The first-order chi connectivity index (χ1) is 12.2. The molecular formula is C16H15IN5O2P. The number of carbonyl (C=O) groups excluding carboxylic acids is 1. The van der Waals surface area contributed by atoms with Crippen molar-refractivity contribution in [2.45, 2.75) is 12.8 Å². The number of nitrogens with zero attached hydrogens (tertiary/aromatic N) is 4. The summed E-state index contributed by atoms with van der Waals surface area (Å²) < 4.78 is 7.34. The Bertz CT molecular complexity index is 957. The number of benzene rings is 1. The molecule has 1 aromatic carbocycles. The number of halogens is 1. The minimum absolute atomic E-state index is 0.0369. The van der Waals surface area contributed by atoms with Gasteiger partial charge in [0.25, 0.3) is 0 Å². The molecule has 3 aromatic rings. The lowest BCUT2D eigenvalue weighted by atomic mass is 10.1. The molecule has 4 rings (SSSR count). The van der Waals surface area contributed by atoms with Crippen molar-refractivity contribution >= 4 is 50.9 Å². The normalized spacial score (nSPS) is 14.3. The molecule has 1 aliphatic carbocycles. The maximum absolute atomic E-state index is 12.2. The Balaban J connectivity index is 1.86. The first-order valence-electron chi connectivity index (χ1n) is 7.76. The molecule has 25 heavy (non-hydrogen) atoms. The molecule has 1 atom stereocenters. The molecule has 1 saturated carbocycles. The number of hydrogen-bond donors (Lipinski definition) is 1. The number of anilines is 1. The lowest BCUT2D eigenvalue weighted by Crippen LogP contribution is -2.14. The molecule has 1 unspecified atom stereocenters. The molecule has 0 aliphatic heterocycles. The smallest absolute Gasteiger partial charge is 0.227 e. The Kier molecular flexibility index (Phi) is 4.56. The Morgan fingerprint density at radius 3 is 2.96 bits per heavy atom. The van der Waals surface area contributed by atoms with Crippen molar-refractivity contribution in [3.05, 3.63) is 30.7 Å². The second-order valence-electron chi connectivity index (χ2n) is 5.77. The summed E-state index contributed by atoms with van der Waals surface area (Å²) in [4.78, 5) is 21.0. The van der Waals surface area contributed by atoms with Gasteiger partial charge in [0, 0.05) is 23.6 Å². The van der Waals surface area contributed by atoms with E-state index in [1.54, 1.807) is 13.3 Å². The molecule has 0 bridgehead atoms. The number of nitrogens with one attached hydrogen (secondary N) is 1. The van der Waals surface area contributed by atoms with Crippen LogP contribution in [0, 0.1) is 5.92 Å². The predicted octanol–water partition coefficient (Wildman–Crippen LogP) is 3.64. The number of carbonyl (C=O) groups is 1. The van der Waals surface area contributed by atoms with Crippen molar-refractivity contribution in [1.82, 2.24) is 19.5 Å². The van der Waals surface area contributed by atoms with Crippen molar-refractivity contribution in [2.75, 3.05) is 12.4 Å². The molecule has 0 radical (unpaired) electrons. The minimum atomic E-state index is 0.0369. The Labute approximate surface area is 158 Å². The molecule has 1 fully saturated rings. The topological polar surface area (TPSA) is 81.9 Å². The molecule has 0 saturated heterocycles. The second kappa shape index (κ2) is 6.84. The maximum Gasteiger partial charge on any atom is 0.227 e. The fraction of sp³-hybridized carbons (Fsp3) is 0.250. The fourth-order valence-electron chi connectivity index (χ4n) is 2.68. The molecule has 128 valence electrons. The number of aromatic nitrogens is 4. The Hall–Kier alpha value is -1.80. The highest BCUT2D eigenvalue weighted by atomic mass is 127. The molecule has 1 aliphatic rings. The van der Waals surface area contributed by atoms with Gasteiger partial charge >= 0.3 is 0 Å². The van der Waals surface area contributed by atoms with E-state index in [0.717, 1.165) is 35.1 Å². The molecular weight excluding hydrogens is 452 g/mol. The number of hydrogen-bond acceptors (Lipinski definition) is 5. The largest absolute Gasteiger partial charge is 0.494 e. The lowest BCUT2D eigenvalue weighted by molar-refractivity contribution is -0.117. The van der Waals surface area contributed by atoms with Crippen molar-refractivity contribution in [1.29, 1.82) is 0 Å². The zero-order valence-electron chi connectivity index (χ0n) is 13.4. The molecule has 1 N–H and O–H groups in total. The van der Waals surface area contributed by atoms with Crippen LogP contribution in [0.4, 0.5) is 5.69 Å². The summed E-state index contributed by atoms with van der Waals surface area (Å²) in [7, 11) is 1.59. The zero-order chi connectivity index (χ0) is 17.4. The van der Waals surface area contributed by atoms with Crippen LogP contribution in [0.1, 0.15) is 12.8 Å². The third-order valence-corrected chi connectivity index (χ3v) is 6.02. The second-order valence-corrected chi connectivity index (χ2v) is 7.81. The van der Waals surface area contributed by atoms with Gasteiger partial charge in [-0.1, -0.05) is 0 Å². The first-order valence-corrected chi connectivity index (χ1v) is 11.8. The van der Waals surface area contributed by atoms with Gasteiger partial charge in [-0.25, -0.2) is 14.4 Å². The van der Waals surface area contributed by atoms with Crippen molar-refractivity contribution in [2.24, 2.45) is 5.92 Å². The van der Waals surface area contributed by atoms with Crippen molar-refractivity contribution in [3.8, 4) is 17.1 Å². The predicted molar refractivity (Wildman–Crippen MR) is 106 cm³/mol. The zero-order valence-corrected chi connectivity index (χ0v) is 16.5. The summed E-state index contributed by atoms with van der Waals surface area (Å²) in [6.45, 7) is 0. The average Bonchev–Trinajstić information content (AvgIpc) is 3.38. The fourth-order valence-corrected chi connectivity index (χ4v) is 4.22. The number of fused-ring (bicyclic) bond motifs is 1. The van der Waals surface area contributed by atoms with Crippen LogP contribution in [0.5, 0.6) is 5.75 Å². The monoisotopic (exact) mass is 467 g/mol. The van der Waals surface area contributed by atoms with Crippen LogP contribution in [0.2, 0.25) is 0 Å². The third-order valence-electron chi connectivity index (χ3n) is 4.13. The Morgan fingerprint density at radius 1 is 1.40 bits per heavy atom. The highest BCUT2D eigenvalue weighted by Gasteiger charge is 2.30. The van der Waals surface area contributed by atoms with E-state index in [2.05, 4.69) is 42.4 Å². The van der Waals surface area contributed by atoms with E-state index in [4.69, 9.17) is 4.74 Å². The summed E-state index contributed by atoms with van der Waals surface area (Å²) in [5.74, 6) is 0.749. The number of rotatable bonds is 5. The highest BCUT2D eigenvalue weighted by Crippen LogP contribution is 2.37. The van der Waals surface area contributed by atoms with Gasteiger partial charge in [-0.2, -0.15) is 5.10 Å². The van der Waals surface area contributed by atoms with E-state index >= 15 is 0 Å². The van der Waals surface area contributed by atoms with Crippen LogP contribution in [0.25, 0.3) is 22.3 Å². The molecule has 7 nitrogen and oxygen atoms in total. The van der Waals surface area contributed by atoms with E-state index in [1.165, 1.54) is 6.33 Å². The van der Waals surface area contributed by atoms with Crippen LogP contribution >= 0.6 is 28.4 Å². The summed E-state index contributed by atoms with van der Waals surface area (Å²) in [6.07, 6.45) is 5.66. The quantitative estimate of drug-likeness (QED) is 0.458. The van der Waals surface area contributed by atoms with Crippen LogP contribution in [-0.2, 0) is 4.79 Å². The molecule has 0 spiro atoms. The van der Waals surface area contributed by atoms with Gasteiger partial charge in [-0.05, 0) is 47.0 Å². The summed E-state index contributed by atoms with van der Waals surface area (Å²) in [5, 5.41) is 8.15. The van der Waals surface area contributed by atoms with Crippen molar-refractivity contribution in [3.63, 3.8) is 0 Å². The maximum atomic E-state index is 12.2. The standard InChI is InChI=1S/C16H15IN5O2P/c1-24-14-7-11-10(6-12(14)21-16(23)9-2-3-9)15(19-8-18-11)13-4-5-20-22(13)25-17/h4-9,25H,2-3H2,1H3,(H,21,23). The summed E-state index contributed by atoms with van der Waals surface area (Å²) in [6, 6.07) is 5.65. The minimum Gasteiger partial charge on any atom is -0.494 e. The van der Waals surface area contributed by atoms with Crippen LogP contribution in [0.3, 0.4) is 0 Å². The molecule has 2 aromatic heterocycles. The molecule has 1 amide bonds. The van der Waals surface area contributed by atoms with Crippen LogP contribution < -0.4 is 10.1 Å². The van der Waals surface area contributed by atoms with Crippen LogP contribution in [-0.4, -0.2) is 32.5 Å². The van der Waals surface area contributed by atoms with Gasteiger partial charge in [-0.15, -0.1) is 0 Å². The van der Waals surface area contributed by atoms with E-state index in [1.807, 2.05) is 22.7 Å². The van der Waals surface area contributed by atoms with Gasteiger partial charge in [0.05, 0.1) is 36.1 Å². The van der Waals surface area contributed by atoms with Crippen molar-refractivity contribution < 1.29 is 9.53 Å². The molecule has 9 heteroatoms. The lowest BCUT2D eigenvalue weighted by Gasteiger charge is -2.13. The number of ether oxygens (including phenoxy) is 1. The van der Waals surface area contributed by atoms with E-state index in [0.29, 0.717) is 17.8 Å². The number of amides is 1. The highest BCUT2D eigenvalue weighted by molar-refractivity contribution is 14.2. The SMILES string of the molecule is COc1cc2ncnc(-c3ccnn3PI)c2cc1NC(=O)C1CC1. The summed E-state index contributed by atoms with van der Waals surface area (Å²) >= 11 is 2.28. The third kappa shape index (κ3) is 3.20. The Morgan fingerprint density at radius 2 is 2.24 bits per heavy atom. The average molecular weight is 467 g/mol. The van der Waals surface area contributed by atoms with E-state index in [-0.39, 0.29) is 11.8 Å². The van der Waals surface area contributed by atoms with Gasteiger partial charge in [0.15, 0.2) is 0 Å². The van der Waals surface area contributed by atoms with Gasteiger partial charge in [0.1, 0.15) is 12.1 Å². The van der Waals surface area contributed by atoms with Crippen LogP contribution in [0.15, 0.2) is 30.7 Å². The van der Waals surface area contributed by atoms with E-state index < -0.39 is 0 Å². The van der Waals surface area contributed by atoms with Gasteiger partial charge in [0.2, 0.25) is 5.91 Å². The first kappa shape index (κ1) is 16.7. The van der Waals surface area contributed by atoms with Gasteiger partial charge < -0.3 is 10.1 Å². The number of methoxy groups -OCH3 is 1. The van der Waals surface area contributed by atoms with E-state index in [9.17, 15) is 4.79 Å². The molecule has 2 heterocycles. The van der Waals surface area contributed by atoms with Gasteiger partial charge in [-0.3, -0.25) is 4.79 Å².